The molecule has 0 spiro atoms. The molecule has 1 heterocycles. The average Bonchev–Trinajstić information content (AvgIpc) is 2.91. The molecule has 0 aliphatic carbocycles. The van der Waals surface area contributed by atoms with Crippen molar-refractivity contribution in [2.75, 3.05) is 18.1 Å². The van der Waals surface area contributed by atoms with Crippen LogP contribution in [0.1, 0.15) is 45.1 Å². The van der Waals surface area contributed by atoms with Crippen molar-refractivity contribution in [3.05, 3.63) is 28.2 Å². The zero-order valence-corrected chi connectivity index (χ0v) is 14.7. The highest BCUT2D eigenvalue weighted by molar-refractivity contribution is 9.10. The summed E-state index contributed by atoms with van der Waals surface area (Å²) in [5, 5.41) is 12.5. The molecule has 1 saturated heterocycles. The summed E-state index contributed by atoms with van der Waals surface area (Å²) in [5.74, 6) is 0. The lowest BCUT2D eigenvalue weighted by atomic mass is 10.1. The number of nitrogens with zero attached hydrogens (tertiary/aromatic N) is 1. The molecule has 0 radical (unpaired) electrons. The summed E-state index contributed by atoms with van der Waals surface area (Å²) in [4.78, 5) is 2.50. The molecule has 1 atom stereocenters. The van der Waals surface area contributed by atoms with E-state index in [1.165, 1.54) is 28.6 Å². The summed E-state index contributed by atoms with van der Waals surface area (Å²) in [6, 6.07) is 7.76. The maximum Gasteiger partial charge on any atom is 0.0513 e. The average molecular weight is 355 g/mol. The van der Waals surface area contributed by atoms with Gasteiger partial charge in [-0.2, -0.15) is 0 Å². The molecule has 1 aromatic carbocycles. The maximum atomic E-state index is 9.04. The van der Waals surface area contributed by atoms with Crippen molar-refractivity contribution in [2.45, 2.75) is 58.2 Å². The van der Waals surface area contributed by atoms with Crippen molar-refractivity contribution in [1.29, 1.82) is 0 Å². The van der Waals surface area contributed by atoms with Gasteiger partial charge in [-0.25, -0.2) is 0 Å². The highest BCUT2D eigenvalue weighted by Gasteiger charge is 2.25. The van der Waals surface area contributed by atoms with Crippen molar-refractivity contribution < 1.29 is 5.11 Å². The Morgan fingerprint density at radius 3 is 2.90 bits per heavy atom. The molecule has 3 nitrogen and oxygen atoms in total. The molecule has 0 amide bonds. The second kappa shape index (κ2) is 8.16. The van der Waals surface area contributed by atoms with E-state index in [0.29, 0.717) is 18.7 Å². The highest BCUT2D eigenvalue weighted by atomic mass is 79.9. The minimum atomic E-state index is 0.297. The Labute approximate surface area is 136 Å². The first-order valence-corrected chi connectivity index (χ1v) is 8.80. The molecule has 1 fully saturated rings. The van der Waals surface area contributed by atoms with E-state index in [0.717, 1.165) is 25.9 Å². The molecule has 1 unspecified atom stereocenters. The van der Waals surface area contributed by atoms with Gasteiger partial charge in [0.05, 0.1) is 5.69 Å². The lowest BCUT2D eigenvalue weighted by Gasteiger charge is -2.28. The molecule has 0 saturated carbocycles. The van der Waals surface area contributed by atoms with Gasteiger partial charge in [-0.1, -0.05) is 19.9 Å². The minimum Gasteiger partial charge on any atom is -0.396 e. The normalized spacial score (nSPS) is 18.7. The van der Waals surface area contributed by atoms with Crippen LogP contribution in [0.2, 0.25) is 0 Å². The van der Waals surface area contributed by atoms with Gasteiger partial charge in [0.1, 0.15) is 0 Å². The van der Waals surface area contributed by atoms with Crippen molar-refractivity contribution in [3.63, 3.8) is 0 Å². The van der Waals surface area contributed by atoms with Crippen LogP contribution in [0.25, 0.3) is 0 Å². The van der Waals surface area contributed by atoms with Gasteiger partial charge in [-0.3, -0.25) is 0 Å². The maximum absolute atomic E-state index is 9.04. The molecular weight excluding hydrogens is 328 g/mol. The predicted molar refractivity (Wildman–Crippen MR) is 92.8 cm³/mol. The van der Waals surface area contributed by atoms with Crippen LogP contribution >= 0.6 is 15.9 Å². The molecule has 1 aliphatic heterocycles. The predicted octanol–water partition coefficient (Wildman–Crippen LogP) is 3.69. The number of aliphatic hydroxyl groups is 1. The summed E-state index contributed by atoms with van der Waals surface area (Å²) in [6.07, 6.45) is 4.47. The largest absolute Gasteiger partial charge is 0.396 e. The fourth-order valence-electron chi connectivity index (χ4n) is 3.00. The Hall–Kier alpha value is -0.580. The number of hydrogen-bond acceptors (Lipinski definition) is 3. The zero-order chi connectivity index (χ0) is 15.2. The lowest BCUT2D eigenvalue weighted by molar-refractivity contribution is 0.279. The quantitative estimate of drug-likeness (QED) is 0.783. The van der Waals surface area contributed by atoms with E-state index >= 15 is 0 Å². The van der Waals surface area contributed by atoms with Crippen LogP contribution in [0.4, 0.5) is 5.69 Å². The molecule has 1 aliphatic rings. The van der Waals surface area contributed by atoms with Gasteiger partial charge in [0, 0.05) is 36.3 Å². The molecule has 21 heavy (non-hydrogen) atoms. The Morgan fingerprint density at radius 2 is 2.24 bits per heavy atom. The monoisotopic (exact) mass is 354 g/mol. The van der Waals surface area contributed by atoms with Crippen LogP contribution in [-0.2, 0) is 6.54 Å². The molecule has 4 heteroatoms. The number of nitrogens with one attached hydrogen (secondary N) is 1. The molecule has 0 bridgehead atoms. The Bertz CT molecular complexity index is 450. The van der Waals surface area contributed by atoms with E-state index in [-0.39, 0.29) is 0 Å². The van der Waals surface area contributed by atoms with Crippen molar-refractivity contribution in [3.8, 4) is 0 Å². The number of aliphatic hydroxyl groups excluding tert-OH is 1. The number of halogens is 1. The minimum absolute atomic E-state index is 0.297. The van der Waals surface area contributed by atoms with E-state index in [2.05, 4.69) is 58.2 Å². The molecule has 2 N–H and O–H groups in total. The molecule has 118 valence electrons. The first-order chi connectivity index (χ1) is 10.1. The second-order valence-corrected chi connectivity index (χ2v) is 7.03. The highest BCUT2D eigenvalue weighted by Crippen LogP contribution is 2.34. The summed E-state index contributed by atoms with van der Waals surface area (Å²) in [7, 11) is 0. The van der Waals surface area contributed by atoms with E-state index in [1.807, 2.05) is 0 Å². The van der Waals surface area contributed by atoms with Crippen LogP contribution in [0.3, 0.4) is 0 Å². The van der Waals surface area contributed by atoms with Gasteiger partial charge in [0.15, 0.2) is 0 Å². The van der Waals surface area contributed by atoms with E-state index < -0.39 is 0 Å². The number of hydrogen-bond donors (Lipinski definition) is 2. The van der Waals surface area contributed by atoms with Gasteiger partial charge in [0.25, 0.3) is 0 Å². The summed E-state index contributed by atoms with van der Waals surface area (Å²) < 4.78 is 1.18. The van der Waals surface area contributed by atoms with Crippen LogP contribution in [0.15, 0.2) is 22.7 Å². The van der Waals surface area contributed by atoms with Crippen molar-refractivity contribution in [1.82, 2.24) is 5.32 Å². The SMILES string of the molecule is CC(C)NCc1ccc(N2CCCC2CCCO)c(Br)c1. The first-order valence-electron chi connectivity index (χ1n) is 8.01. The fourth-order valence-corrected chi connectivity index (χ4v) is 3.65. The summed E-state index contributed by atoms with van der Waals surface area (Å²) in [6.45, 7) is 6.66. The summed E-state index contributed by atoms with van der Waals surface area (Å²) in [5.41, 5.74) is 2.61. The standard InChI is InChI=1S/C17H27BrN2O/c1-13(2)19-12-14-7-8-17(16(18)11-14)20-9-3-5-15(20)6-4-10-21/h7-8,11,13,15,19,21H,3-6,9-10,12H2,1-2H3. The summed E-state index contributed by atoms with van der Waals surface area (Å²) >= 11 is 3.74. The Kier molecular flexibility index (Phi) is 6.52. The second-order valence-electron chi connectivity index (χ2n) is 6.18. The third-order valence-corrected chi connectivity index (χ3v) is 4.74. The van der Waals surface area contributed by atoms with Gasteiger partial charge >= 0.3 is 0 Å². The van der Waals surface area contributed by atoms with E-state index in [1.54, 1.807) is 0 Å². The molecule has 2 rings (SSSR count). The van der Waals surface area contributed by atoms with Gasteiger partial charge in [-0.15, -0.1) is 0 Å². The molecule has 0 aromatic heterocycles. The van der Waals surface area contributed by atoms with Gasteiger partial charge in [0.2, 0.25) is 0 Å². The zero-order valence-electron chi connectivity index (χ0n) is 13.1. The molecular formula is C17H27BrN2O. The van der Waals surface area contributed by atoms with Crippen molar-refractivity contribution >= 4 is 21.6 Å². The van der Waals surface area contributed by atoms with E-state index in [9.17, 15) is 0 Å². The molecule has 1 aromatic rings. The number of benzene rings is 1. The topological polar surface area (TPSA) is 35.5 Å². The van der Waals surface area contributed by atoms with Crippen molar-refractivity contribution in [2.24, 2.45) is 0 Å². The Balaban J connectivity index is 2.05. The third kappa shape index (κ3) is 4.70. The fraction of sp³-hybridized carbons (Fsp3) is 0.647. The van der Waals surface area contributed by atoms with Crippen LogP contribution < -0.4 is 10.2 Å². The van der Waals surface area contributed by atoms with Gasteiger partial charge < -0.3 is 15.3 Å². The number of rotatable bonds is 7. The van der Waals surface area contributed by atoms with Crippen LogP contribution in [0, 0.1) is 0 Å². The van der Waals surface area contributed by atoms with Gasteiger partial charge in [-0.05, 0) is 59.3 Å². The Morgan fingerprint density at radius 1 is 1.43 bits per heavy atom. The van der Waals surface area contributed by atoms with Crippen LogP contribution in [-0.4, -0.2) is 30.3 Å². The third-order valence-electron chi connectivity index (χ3n) is 4.11. The number of anilines is 1. The first kappa shape index (κ1) is 16.8. The van der Waals surface area contributed by atoms with E-state index in [4.69, 9.17) is 5.11 Å². The smallest absolute Gasteiger partial charge is 0.0513 e. The lowest BCUT2D eigenvalue weighted by Crippen LogP contribution is -2.29. The van der Waals surface area contributed by atoms with Crippen LogP contribution in [0.5, 0.6) is 0 Å².